The Labute approximate surface area is 122 Å². The van der Waals surface area contributed by atoms with Crippen molar-refractivity contribution < 1.29 is 9.31 Å². The summed E-state index contributed by atoms with van der Waals surface area (Å²) in [5, 5.41) is 1.94. The van der Waals surface area contributed by atoms with Crippen LogP contribution in [0.4, 0.5) is 0 Å². The normalized spacial score (nSPS) is 20.3. The highest BCUT2D eigenvalue weighted by Crippen LogP contribution is 2.36. The number of rotatable bonds is 2. The maximum absolute atomic E-state index is 5.98. The maximum atomic E-state index is 5.98. The third kappa shape index (κ3) is 2.26. The van der Waals surface area contributed by atoms with Crippen LogP contribution in [0.15, 0.2) is 23.3 Å². The molecule has 0 saturated carbocycles. The number of hydrogen-bond donors (Lipinski definition) is 0. The van der Waals surface area contributed by atoms with E-state index in [-0.39, 0.29) is 11.2 Å². The number of nitrogens with zero attached hydrogens (tertiary/aromatic N) is 3. The summed E-state index contributed by atoms with van der Waals surface area (Å²) in [7, 11) is -0.494. The lowest BCUT2D eigenvalue weighted by molar-refractivity contribution is 0.00578. The molecule has 0 amide bonds. The van der Waals surface area contributed by atoms with Crippen LogP contribution in [0.2, 0.25) is 0 Å². The second-order valence-electron chi connectivity index (χ2n) is 5.79. The second-order valence-corrected chi connectivity index (χ2v) is 6.51. The molecule has 0 spiro atoms. The number of hydrogen-bond acceptors (Lipinski definition) is 6. The first kappa shape index (κ1) is 13.7. The minimum absolute atomic E-state index is 0.379. The summed E-state index contributed by atoms with van der Waals surface area (Å²) in [5.74, 6) is 0. The van der Waals surface area contributed by atoms with Crippen LogP contribution < -0.4 is 5.59 Å². The van der Waals surface area contributed by atoms with Gasteiger partial charge in [0, 0.05) is 11.6 Å². The van der Waals surface area contributed by atoms with Crippen LogP contribution >= 0.6 is 11.3 Å². The molecule has 1 fully saturated rings. The van der Waals surface area contributed by atoms with Crippen molar-refractivity contribution in [1.29, 1.82) is 0 Å². The van der Waals surface area contributed by atoms with Gasteiger partial charge in [0.2, 0.25) is 0 Å². The molecule has 1 aliphatic heterocycles. The molecule has 0 aliphatic carbocycles. The second kappa shape index (κ2) is 4.61. The lowest BCUT2D eigenvalue weighted by Gasteiger charge is -2.32. The molecule has 1 aliphatic rings. The van der Waals surface area contributed by atoms with Gasteiger partial charge >= 0.3 is 7.12 Å². The Hall–Kier alpha value is -1.31. The van der Waals surface area contributed by atoms with Crippen molar-refractivity contribution in [3.8, 4) is 11.4 Å². The Morgan fingerprint density at radius 2 is 1.75 bits per heavy atom. The van der Waals surface area contributed by atoms with Crippen LogP contribution in [-0.2, 0) is 9.31 Å². The summed E-state index contributed by atoms with van der Waals surface area (Å²) in [6.45, 7) is 8.07. The highest BCUT2D eigenvalue weighted by Gasteiger charge is 2.52. The topological polar surface area (TPSA) is 57.1 Å². The third-order valence-electron chi connectivity index (χ3n) is 3.84. The van der Waals surface area contributed by atoms with Crippen molar-refractivity contribution in [2.75, 3.05) is 0 Å². The van der Waals surface area contributed by atoms with Crippen molar-refractivity contribution in [1.82, 2.24) is 15.0 Å². The Morgan fingerprint density at radius 3 is 2.35 bits per heavy atom. The molecule has 1 saturated heterocycles. The molecule has 3 heterocycles. The van der Waals surface area contributed by atoms with Crippen molar-refractivity contribution in [3.05, 3.63) is 23.3 Å². The molecule has 2 aromatic rings. The maximum Gasteiger partial charge on any atom is 0.516 e. The predicted octanol–water partition coefficient (Wildman–Crippen LogP) is 1.90. The quantitative estimate of drug-likeness (QED) is 0.790. The van der Waals surface area contributed by atoms with Crippen molar-refractivity contribution in [3.63, 3.8) is 0 Å². The zero-order valence-electron chi connectivity index (χ0n) is 12.0. The van der Waals surface area contributed by atoms with Crippen molar-refractivity contribution >= 4 is 24.0 Å². The fraction of sp³-hybridized carbons (Fsp3) is 0.462. The van der Waals surface area contributed by atoms with E-state index in [2.05, 4.69) is 15.0 Å². The molecule has 0 N–H and O–H groups in total. The third-order valence-corrected chi connectivity index (χ3v) is 4.43. The average Bonchev–Trinajstić information content (AvgIpc) is 2.97. The Kier molecular flexibility index (Phi) is 3.15. The van der Waals surface area contributed by atoms with Gasteiger partial charge in [0.25, 0.3) is 0 Å². The molecule has 20 heavy (non-hydrogen) atoms. The monoisotopic (exact) mass is 289 g/mol. The van der Waals surface area contributed by atoms with Crippen LogP contribution in [-0.4, -0.2) is 33.3 Å². The van der Waals surface area contributed by atoms with Crippen molar-refractivity contribution in [2.24, 2.45) is 0 Å². The number of thiazole rings is 1. The van der Waals surface area contributed by atoms with Gasteiger partial charge in [0.05, 0.1) is 28.5 Å². The van der Waals surface area contributed by atoms with Gasteiger partial charge in [-0.25, -0.2) is 4.98 Å². The Bertz CT molecular complexity index is 600. The zero-order chi connectivity index (χ0) is 14.4. The van der Waals surface area contributed by atoms with Crippen LogP contribution in [0.3, 0.4) is 0 Å². The molecular weight excluding hydrogens is 273 g/mol. The van der Waals surface area contributed by atoms with Gasteiger partial charge in [-0.05, 0) is 27.7 Å². The predicted molar refractivity (Wildman–Crippen MR) is 78.9 cm³/mol. The van der Waals surface area contributed by atoms with Gasteiger partial charge in [0.15, 0.2) is 0 Å². The summed E-state index contributed by atoms with van der Waals surface area (Å²) in [4.78, 5) is 13.0. The van der Waals surface area contributed by atoms with E-state index in [1.165, 1.54) is 11.3 Å². The van der Waals surface area contributed by atoms with Crippen LogP contribution in [0.25, 0.3) is 11.4 Å². The van der Waals surface area contributed by atoms with E-state index in [1.54, 1.807) is 17.9 Å². The van der Waals surface area contributed by atoms with Crippen LogP contribution in [0.5, 0.6) is 0 Å². The summed E-state index contributed by atoms with van der Waals surface area (Å²) in [6, 6.07) is 0. The van der Waals surface area contributed by atoms with Crippen LogP contribution in [0, 0.1) is 0 Å². The van der Waals surface area contributed by atoms with E-state index in [9.17, 15) is 0 Å². The molecule has 0 unspecified atom stereocenters. The molecule has 0 radical (unpaired) electrons. The summed E-state index contributed by atoms with van der Waals surface area (Å²) >= 11 is 1.53. The Morgan fingerprint density at radius 1 is 1.05 bits per heavy atom. The first-order valence-electron chi connectivity index (χ1n) is 6.45. The minimum Gasteiger partial charge on any atom is -0.398 e. The smallest absolute Gasteiger partial charge is 0.398 e. The summed E-state index contributed by atoms with van der Waals surface area (Å²) in [6.07, 6.45) is 3.38. The van der Waals surface area contributed by atoms with Crippen LogP contribution in [0.1, 0.15) is 27.7 Å². The van der Waals surface area contributed by atoms with Gasteiger partial charge < -0.3 is 9.31 Å². The first-order chi connectivity index (χ1) is 9.39. The molecule has 2 aromatic heterocycles. The highest BCUT2D eigenvalue weighted by molar-refractivity contribution is 7.07. The fourth-order valence-electron chi connectivity index (χ4n) is 1.92. The summed E-state index contributed by atoms with van der Waals surface area (Å²) in [5.41, 5.74) is 3.25. The van der Waals surface area contributed by atoms with E-state index >= 15 is 0 Å². The van der Waals surface area contributed by atoms with E-state index in [0.29, 0.717) is 5.59 Å². The lowest BCUT2D eigenvalue weighted by atomic mass is 9.85. The molecule has 0 aromatic carbocycles. The average molecular weight is 289 g/mol. The highest BCUT2D eigenvalue weighted by atomic mass is 32.1. The van der Waals surface area contributed by atoms with Gasteiger partial charge in [-0.15, -0.1) is 11.3 Å². The van der Waals surface area contributed by atoms with Gasteiger partial charge in [0.1, 0.15) is 11.4 Å². The van der Waals surface area contributed by atoms with E-state index < -0.39 is 7.12 Å². The minimum atomic E-state index is -0.494. The lowest BCUT2D eigenvalue weighted by Crippen LogP contribution is -2.41. The molecule has 104 valence electrons. The summed E-state index contributed by atoms with van der Waals surface area (Å²) < 4.78 is 12.0. The molecule has 5 nitrogen and oxygen atoms in total. The zero-order valence-corrected chi connectivity index (χ0v) is 12.8. The van der Waals surface area contributed by atoms with Crippen molar-refractivity contribution in [2.45, 2.75) is 38.9 Å². The Balaban J connectivity index is 1.91. The molecule has 7 heteroatoms. The van der Waals surface area contributed by atoms with E-state index in [4.69, 9.17) is 9.31 Å². The van der Waals surface area contributed by atoms with E-state index in [1.807, 2.05) is 33.1 Å². The molecule has 0 atom stereocenters. The van der Waals surface area contributed by atoms with E-state index in [0.717, 1.165) is 11.4 Å². The molecule has 3 rings (SSSR count). The molecule has 0 bridgehead atoms. The number of aromatic nitrogens is 3. The van der Waals surface area contributed by atoms with Gasteiger partial charge in [-0.3, -0.25) is 9.97 Å². The SMILES string of the molecule is CC1(C)OB(c2cncc(-c3cscn3)n2)OC1(C)C. The fourth-order valence-corrected chi connectivity index (χ4v) is 2.47. The molecular formula is C13H16BN3O2S. The standard InChI is InChI=1S/C13H16BN3O2S/c1-12(2)13(3,4)19-14(18-12)11-6-15-5-9(17-11)10-7-20-8-16-10/h5-8H,1-4H3. The van der Waals surface area contributed by atoms with Gasteiger partial charge in [-0.2, -0.15) is 0 Å². The first-order valence-corrected chi connectivity index (χ1v) is 7.39. The van der Waals surface area contributed by atoms with Gasteiger partial charge in [-0.1, -0.05) is 0 Å². The largest absolute Gasteiger partial charge is 0.516 e.